The van der Waals surface area contributed by atoms with Crippen molar-refractivity contribution >= 4 is 17.7 Å². The first-order chi connectivity index (χ1) is 11.6. The lowest BCUT2D eigenvalue weighted by molar-refractivity contribution is 0.306. The van der Waals surface area contributed by atoms with E-state index in [-0.39, 0.29) is 17.5 Å². The van der Waals surface area contributed by atoms with Gasteiger partial charge >= 0.3 is 0 Å². The standard InChI is InChI=1S/C14H13FN8O/c1-8(18-17-7-10-3-5-11(15)6-4-10)12-9(2)23(22-19-12)14-13(16)20-24-21-14/h3-7,18H,1H2,2H3,(H2,16,20). The molecule has 0 aliphatic carbocycles. The number of nitrogens with zero attached hydrogens (tertiary/aromatic N) is 6. The van der Waals surface area contributed by atoms with E-state index in [9.17, 15) is 4.39 Å². The Bertz CT molecular complexity index is 896. The molecule has 9 nitrogen and oxygen atoms in total. The molecule has 0 saturated heterocycles. The fourth-order valence-corrected chi connectivity index (χ4v) is 1.93. The maximum atomic E-state index is 12.8. The molecule has 1 aromatic carbocycles. The van der Waals surface area contributed by atoms with Crippen molar-refractivity contribution in [1.82, 2.24) is 30.7 Å². The number of hydrazone groups is 1. The molecule has 0 bridgehead atoms. The van der Waals surface area contributed by atoms with Crippen LogP contribution in [0.25, 0.3) is 11.5 Å². The van der Waals surface area contributed by atoms with Gasteiger partial charge < -0.3 is 5.73 Å². The highest BCUT2D eigenvalue weighted by Crippen LogP contribution is 2.17. The van der Waals surface area contributed by atoms with Crippen molar-refractivity contribution in [1.29, 1.82) is 0 Å². The molecule has 0 saturated carbocycles. The van der Waals surface area contributed by atoms with Crippen molar-refractivity contribution in [3.63, 3.8) is 0 Å². The van der Waals surface area contributed by atoms with Crippen molar-refractivity contribution in [2.24, 2.45) is 5.10 Å². The summed E-state index contributed by atoms with van der Waals surface area (Å²) < 4.78 is 18.8. The minimum absolute atomic E-state index is 0.0995. The molecule has 0 amide bonds. The summed E-state index contributed by atoms with van der Waals surface area (Å²) in [6.07, 6.45) is 1.53. The Labute approximate surface area is 135 Å². The third kappa shape index (κ3) is 2.97. The van der Waals surface area contributed by atoms with Gasteiger partial charge in [-0.05, 0) is 34.9 Å². The molecule has 3 rings (SSSR count). The normalized spacial score (nSPS) is 11.1. The van der Waals surface area contributed by atoms with Gasteiger partial charge in [0.25, 0.3) is 0 Å². The fourth-order valence-electron chi connectivity index (χ4n) is 1.93. The molecule has 0 aliphatic rings. The van der Waals surface area contributed by atoms with Gasteiger partial charge in [0.2, 0.25) is 11.6 Å². The van der Waals surface area contributed by atoms with Crippen LogP contribution in [0.15, 0.2) is 40.6 Å². The number of nitrogens with two attached hydrogens (primary N) is 1. The molecule has 122 valence electrons. The summed E-state index contributed by atoms with van der Waals surface area (Å²) >= 11 is 0. The first-order valence-electron chi connectivity index (χ1n) is 6.81. The van der Waals surface area contributed by atoms with Crippen LogP contribution >= 0.6 is 0 Å². The minimum atomic E-state index is -0.307. The van der Waals surface area contributed by atoms with Gasteiger partial charge in [-0.1, -0.05) is 23.9 Å². The van der Waals surface area contributed by atoms with Crippen molar-refractivity contribution in [3.8, 4) is 5.82 Å². The van der Waals surface area contributed by atoms with Crippen molar-refractivity contribution < 1.29 is 9.02 Å². The van der Waals surface area contributed by atoms with E-state index in [1.165, 1.54) is 23.0 Å². The second kappa shape index (κ2) is 6.28. The molecule has 3 N–H and O–H groups in total. The molecule has 2 aromatic heterocycles. The van der Waals surface area contributed by atoms with E-state index in [1.54, 1.807) is 19.1 Å². The number of benzene rings is 1. The Morgan fingerprint density at radius 2 is 2.12 bits per heavy atom. The smallest absolute Gasteiger partial charge is 0.243 e. The molecule has 0 aliphatic heterocycles. The summed E-state index contributed by atoms with van der Waals surface area (Å²) in [4.78, 5) is 0. The Kier molecular flexibility index (Phi) is 4.01. The molecule has 10 heteroatoms. The zero-order chi connectivity index (χ0) is 17.1. The number of hydrogen-bond donors (Lipinski definition) is 2. The minimum Gasteiger partial charge on any atom is -0.378 e. The first kappa shape index (κ1) is 15.3. The molecule has 0 atom stereocenters. The van der Waals surface area contributed by atoms with Crippen LogP contribution in [0.2, 0.25) is 0 Å². The van der Waals surface area contributed by atoms with E-state index in [2.05, 4.69) is 42.4 Å². The van der Waals surface area contributed by atoms with Crippen LogP contribution in [0.1, 0.15) is 17.0 Å². The van der Waals surface area contributed by atoms with E-state index >= 15 is 0 Å². The second-order valence-electron chi connectivity index (χ2n) is 4.81. The molecule has 24 heavy (non-hydrogen) atoms. The predicted octanol–water partition coefficient (Wildman–Crippen LogP) is 1.27. The lowest BCUT2D eigenvalue weighted by atomic mass is 10.2. The Morgan fingerprint density at radius 3 is 2.79 bits per heavy atom. The fraction of sp³-hybridized carbons (Fsp3) is 0.0714. The number of rotatable bonds is 5. The summed E-state index contributed by atoms with van der Waals surface area (Å²) in [5.74, 6) is 0.0368. The van der Waals surface area contributed by atoms with Gasteiger partial charge in [-0.2, -0.15) is 9.78 Å². The summed E-state index contributed by atoms with van der Waals surface area (Å²) in [7, 11) is 0. The Morgan fingerprint density at radius 1 is 1.38 bits per heavy atom. The number of hydrogen-bond acceptors (Lipinski definition) is 8. The van der Waals surface area contributed by atoms with Crippen LogP contribution in [-0.2, 0) is 0 Å². The van der Waals surface area contributed by atoms with Crippen LogP contribution in [0.4, 0.5) is 10.2 Å². The second-order valence-corrected chi connectivity index (χ2v) is 4.81. The zero-order valence-corrected chi connectivity index (χ0v) is 12.6. The van der Waals surface area contributed by atoms with Gasteiger partial charge in [-0.3, -0.25) is 5.43 Å². The Hall–Kier alpha value is -3.56. The highest BCUT2D eigenvalue weighted by molar-refractivity contribution is 5.79. The summed E-state index contributed by atoms with van der Waals surface area (Å²) in [6, 6.07) is 5.90. The van der Waals surface area contributed by atoms with E-state index in [4.69, 9.17) is 5.73 Å². The van der Waals surface area contributed by atoms with Gasteiger partial charge in [0.05, 0.1) is 17.6 Å². The zero-order valence-electron chi connectivity index (χ0n) is 12.6. The van der Waals surface area contributed by atoms with E-state index < -0.39 is 0 Å². The van der Waals surface area contributed by atoms with Gasteiger partial charge in [0, 0.05) is 0 Å². The maximum absolute atomic E-state index is 12.8. The molecular weight excluding hydrogens is 315 g/mol. The Balaban J connectivity index is 1.73. The SMILES string of the molecule is C=C(NN=Cc1ccc(F)cc1)c1nnn(-c2nonc2N)c1C. The molecule has 3 aromatic rings. The lowest BCUT2D eigenvalue weighted by Crippen LogP contribution is -2.07. The highest BCUT2D eigenvalue weighted by atomic mass is 19.1. The molecular formula is C14H13FN8O. The monoisotopic (exact) mass is 328 g/mol. The van der Waals surface area contributed by atoms with Gasteiger partial charge in [0.15, 0.2) is 0 Å². The van der Waals surface area contributed by atoms with Crippen LogP contribution in [-0.4, -0.2) is 31.5 Å². The van der Waals surface area contributed by atoms with Crippen LogP contribution in [0.5, 0.6) is 0 Å². The number of anilines is 1. The average Bonchev–Trinajstić information content (AvgIpc) is 3.14. The topological polar surface area (TPSA) is 120 Å². The van der Waals surface area contributed by atoms with Gasteiger partial charge in [-0.25, -0.2) is 9.02 Å². The summed E-state index contributed by atoms with van der Waals surface area (Å²) in [5.41, 5.74) is 10.7. The third-order valence-corrected chi connectivity index (χ3v) is 3.16. The van der Waals surface area contributed by atoms with Crippen molar-refractivity contribution in [2.75, 3.05) is 5.73 Å². The summed E-state index contributed by atoms with van der Waals surface area (Å²) in [6.45, 7) is 5.62. The van der Waals surface area contributed by atoms with E-state index in [1.807, 2.05) is 0 Å². The van der Waals surface area contributed by atoms with Crippen molar-refractivity contribution in [3.05, 3.63) is 53.6 Å². The number of nitrogens with one attached hydrogen (secondary N) is 1. The summed E-state index contributed by atoms with van der Waals surface area (Å²) in [5, 5.41) is 19.2. The molecule has 0 spiro atoms. The molecule has 0 radical (unpaired) electrons. The van der Waals surface area contributed by atoms with Crippen LogP contribution in [0, 0.1) is 12.7 Å². The van der Waals surface area contributed by atoms with Crippen molar-refractivity contribution in [2.45, 2.75) is 6.92 Å². The number of aromatic nitrogens is 5. The molecule has 0 fully saturated rings. The molecule has 0 unspecified atom stereocenters. The first-order valence-corrected chi connectivity index (χ1v) is 6.81. The van der Waals surface area contributed by atoms with Crippen LogP contribution < -0.4 is 11.2 Å². The average molecular weight is 328 g/mol. The predicted molar refractivity (Wildman–Crippen MR) is 84.5 cm³/mol. The highest BCUT2D eigenvalue weighted by Gasteiger charge is 2.17. The largest absolute Gasteiger partial charge is 0.378 e. The van der Waals surface area contributed by atoms with Crippen LogP contribution in [0.3, 0.4) is 0 Å². The van der Waals surface area contributed by atoms with E-state index in [0.29, 0.717) is 17.1 Å². The van der Waals surface area contributed by atoms with E-state index in [0.717, 1.165) is 5.56 Å². The number of halogens is 1. The third-order valence-electron chi connectivity index (χ3n) is 3.16. The van der Waals surface area contributed by atoms with Gasteiger partial charge in [-0.15, -0.1) is 5.10 Å². The molecule has 2 heterocycles. The lowest BCUT2D eigenvalue weighted by Gasteiger charge is -2.03. The quantitative estimate of drug-likeness (QED) is 0.534. The maximum Gasteiger partial charge on any atom is 0.243 e. The number of nitrogen functional groups attached to an aromatic ring is 1. The van der Waals surface area contributed by atoms with Gasteiger partial charge in [0.1, 0.15) is 11.5 Å².